The van der Waals surface area contributed by atoms with Crippen LogP contribution in [0.15, 0.2) is 30.9 Å². The summed E-state index contributed by atoms with van der Waals surface area (Å²) in [6.07, 6.45) is 5.28. The monoisotopic (exact) mass is 460 g/mol. The van der Waals surface area contributed by atoms with Crippen LogP contribution in [0.1, 0.15) is 40.2 Å². The lowest BCUT2D eigenvalue weighted by atomic mass is 10.1. The van der Waals surface area contributed by atoms with E-state index in [0.717, 1.165) is 35.6 Å². The molecule has 0 radical (unpaired) electrons. The van der Waals surface area contributed by atoms with E-state index in [1.54, 1.807) is 24.7 Å². The number of piperazine rings is 1. The summed E-state index contributed by atoms with van der Waals surface area (Å²) in [4.78, 5) is 33.0. The number of aromatic nitrogens is 4. The van der Waals surface area contributed by atoms with E-state index in [1.807, 2.05) is 29.5 Å². The Labute approximate surface area is 200 Å². The maximum Gasteiger partial charge on any atom is 0.225 e. The molecule has 4 heterocycles. The van der Waals surface area contributed by atoms with Crippen LogP contribution in [0.5, 0.6) is 0 Å². The molecule has 1 aliphatic heterocycles. The summed E-state index contributed by atoms with van der Waals surface area (Å²) < 4.78 is 1.94. The average Bonchev–Trinajstić information content (AvgIpc) is 3.24. The molecule has 4 rings (SSSR count). The van der Waals surface area contributed by atoms with Crippen molar-refractivity contribution in [1.82, 2.24) is 24.4 Å². The van der Waals surface area contributed by atoms with Gasteiger partial charge in [-0.15, -0.1) is 0 Å². The van der Waals surface area contributed by atoms with Gasteiger partial charge in [-0.05, 0) is 32.9 Å². The number of hydrogen-bond acceptors (Lipinski definition) is 7. The highest BCUT2D eigenvalue weighted by Gasteiger charge is 2.31. The van der Waals surface area contributed by atoms with Crippen LogP contribution in [0, 0.1) is 17.2 Å². The molecule has 3 aromatic heterocycles. The molecule has 1 saturated heterocycles. The van der Waals surface area contributed by atoms with Gasteiger partial charge in [0, 0.05) is 57.1 Å². The van der Waals surface area contributed by atoms with Crippen LogP contribution >= 0.6 is 0 Å². The molecular weight excluding hydrogens is 428 g/mol. The van der Waals surface area contributed by atoms with Crippen LogP contribution in [0.2, 0.25) is 0 Å². The van der Waals surface area contributed by atoms with Gasteiger partial charge in [0.25, 0.3) is 0 Å². The van der Waals surface area contributed by atoms with Crippen molar-refractivity contribution in [1.29, 1.82) is 5.26 Å². The number of carbonyl (C=O) groups is 1. The molecule has 9 heteroatoms. The standard InChI is InChI=1S/C25H32N8O/c1-6-30(7-2)20-15-33(21-12-19(13-26)8-9-27-21)24-22(20)23(28-16-29-24)32-11-10-31(14-18(32)5)25(34)17(3)4/h8-9,12,15-18H,6-7,10-11,14H2,1-5H3/t18-/m0/s1. The summed E-state index contributed by atoms with van der Waals surface area (Å²) in [7, 11) is 0. The Morgan fingerprint density at radius 3 is 2.65 bits per heavy atom. The van der Waals surface area contributed by atoms with E-state index in [9.17, 15) is 10.1 Å². The lowest BCUT2D eigenvalue weighted by molar-refractivity contribution is -0.135. The Morgan fingerprint density at radius 1 is 1.24 bits per heavy atom. The smallest absolute Gasteiger partial charge is 0.225 e. The van der Waals surface area contributed by atoms with Crippen LogP contribution in [-0.2, 0) is 4.79 Å². The largest absolute Gasteiger partial charge is 0.370 e. The normalized spacial score (nSPS) is 16.2. The molecule has 0 aromatic carbocycles. The van der Waals surface area contributed by atoms with Crippen molar-refractivity contribution < 1.29 is 4.79 Å². The van der Waals surface area contributed by atoms with Gasteiger partial charge in [-0.25, -0.2) is 15.0 Å². The molecule has 3 aromatic rings. The van der Waals surface area contributed by atoms with E-state index in [-0.39, 0.29) is 17.9 Å². The molecule has 0 aliphatic carbocycles. The molecule has 178 valence electrons. The zero-order valence-electron chi connectivity index (χ0n) is 20.6. The maximum atomic E-state index is 12.6. The Hall–Kier alpha value is -3.67. The fourth-order valence-electron chi connectivity index (χ4n) is 4.68. The molecule has 1 aliphatic rings. The molecule has 34 heavy (non-hydrogen) atoms. The zero-order chi connectivity index (χ0) is 24.4. The minimum absolute atomic E-state index is 0.00974. The highest BCUT2D eigenvalue weighted by atomic mass is 16.2. The molecule has 1 fully saturated rings. The fraction of sp³-hybridized carbons (Fsp3) is 0.480. The lowest BCUT2D eigenvalue weighted by Crippen LogP contribution is -2.54. The first-order valence-corrected chi connectivity index (χ1v) is 11.9. The molecule has 0 spiro atoms. The summed E-state index contributed by atoms with van der Waals surface area (Å²) in [6, 6.07) is 5.77. The summed E-state index contributed by atoms with van der Waals surface area (Å²) >= 11 is 0. The number of hydrogen-bond donors (Lipinski definition) is 0. The highest BCUT2D eigenvalue weighted by molar-refractivity contribution is 6.00. The summed E-state index contributed by atoms with van der Waals surface area (Å²) in [5.74, 6) is 1.70. The predicted octanol–water partition coefficient (Wildman–Crippen LogP) is 3.23. The van der Waals surface area contributed by atoms with E-state index in [1.165, 1.54) is 0 Å². The fourth-order valence-corrected chi connectivity index (χ4v) is 4.68. The van der Waals surface area contributed by atoms with Crippen LogP contribution in [-0.4, -0.2) is 69.1 Å². The average molecular weight is 461 g/mol. The Kier molecular flexibility index (Phi) is 6.68. The lowest BCUT2D eigenvalue weighted by Gasteiger charge is -2.41. The highest BCUT2D eigenvalue weighted by Crippen LogP contribution is 2.37. The van der Waals surface area contributed by atoms with E-state index in [0.29, 0.717) is 31.0 Å². The third-order valence-corrected chi connectivity index (χ3v) is 6.47. The Bertz CT molecular complexity index is 1220. The van der Waals surface area contributed by atoms with E-state index >= 15 is 0 Å². The van der Waals surface area contributed by atoms with Gasteiger partial charge in [0.15, 0.2) is 5.65 Å². The van der Waals surface area contributed by atoms with Crippen molar-refractivity contribution in [3.05, 3.63) is 36.4 Å². The SMILES string of the molecule is CCN(CC)c1cn(-c2cc(C#N)ccn2)c2ncnc(N3CCN(C(=O)C(C)C)C[C@@H]3C)c12. The third kappa shape index (κ3) is 4.16. The number of nitriles is 1. The number of pyridine rings is 1. The van der Waals surface area contributed by atoms with Gasteiger partial charge >= 0.3 is 0 Å². The molecule has 0 bridgehead atoms. The van der Waals surface area contributed by atoms with E-state index < -0.39 is 0 Å². The number of rotatable bonds is 6. The topological polar surface area (TPSA) is 94.2 Å². The van der Waals surface area contributed by atoms with Gasteiger partial charge in [0.1, 0.15) is 18.0 Å². The molecule has 0 saturated carbocycles. The van der Waals surface area contributed by atoms with Crippen LogP contribution in [0.4, 0.5) is 11.5 Å². The second kappa shape index (κ2) is 9.67. The summed E-state index contributed by atoms with van der Waals surface area (Å²) in [5.41, 5.74) is 2.33. The van der Waals surface area contributed by atoms with E-state index in [2.05, 4.69) is 46.6 Å². The van der Waals surface area contributed by atoms with Gasteiger partial charge in [0.2, 0.25) is 5.91 Å². The zero-order valence-corrected chi connectivity index (χ0v) is 20.6. The first-order chi connectivity index (χ1) is 16.4. The minimum atomic E-state index is -0.00974. The van der Waals surface area contributed by atoms with Gasteiger partial charge in [-0.1, -0.05) is 13.8 Å². The van der Waals surface area contributed by atoms with Crippen molar-refractivity contribution in [2.45, 2.75) is 40.7 Å². The number of carbonyl (C=O) groups excluding carboxylic acids is 1. The maximum absolute atomic E-state index is 12.6. The van der Waals surface area contributed by atoms with Crippen molar-refractivity contribution in [3.8, 4) is 11.9 Å². The number of fused-ring (bicyclic) bond motifs is 1. The molecule has 0 N–H and O–H groups in total. The molecule has 1 atom stereocenters. The van der Waals surface area contributed by atoms with Gasteiger partial charge in [-0.2, -0.15) is 5.26 Å². The second-order valence-corrected chi connectivity index (χ2v) is 8.95. The molecule has 1 amide bonds. The first kappa shape index (κ1) is 23.5. The Balaban J connectivity index is 1.83. The minimum Gasteiger partial charge on any atom is -0.370 e. The predicted molar refractivity (Wildman–Crippen MR) is 133 cm³/mol. The molecule has 9 nitrogen and oxygen atoms in total. The van der Waals surface area contributed by atoms with Crippen LogP contribution in [0.25, 0.3) is 16.9 Å². The third-order valence-electron chi connectivity index (χ3n) is 6.47. The molecule has 0 unspecified atom stereocenters. The second-order valence-electron chi connectivity index (χ2n) is 8.95. The summed E-state index contributed by atoms with van der Waals surface area (Å²) in [6.45, 7) is 14.0. The van der Waals surface area contributed by atoms with Crippen molar-refractivity contribution in [2.24, 2.45) is 5.92 Å². The van der Waals surface area contributed by atoms with Crippen molar-refractivity contribution in [2.75, 3.05) is 42.5 Å². The number of nitrogens with zero attached hydrogens (tertiary/aromatic N) is 8. The van der Waals surface area contributed by atoms with Crippen LogP contribution < -0.4 is 9.80 Å². The van der Waals surface area contributed by atoms with Crippen molar-refractivity contribution >= 4 is 28.4 Å². The van der Waals surface area contributed by atoms with Crippen LogP contribution in [0.3, 0.4) is 0 Å². The van der Waals surface area contributed by atoms with Gasteiger partial charge in [0.05, 0.1) is 22.7 Å². The van der Waals surface area contributed by atoms with E-state index in [4.69, 9.17) is 4.98 Å². The summed E-state index contributed by atoms with van der Waals surface area (Å²) in [5, 5.41) is 10.3. The quantitative estimate of drug-likeness (QED) is 0.557. The van der Waals surface area contributed by atoms with Gasteiger partial charge in [-0.3, -0.25) is 9.36 Å². The number of amides is 1. The molecular formula is C25H32N8O. The van der Waals surface area contributed by atoms with Crippen molar-refractivity contribution in [3.63, 3.8) is 0 Å². The van der Waals surface area contributed by atoms with Gasteiger partial charge < -0.3 is 14.7 Å². The Morgan fingerprint density at radius 2 is 2.00 bits per heavy atom. The number of anilines is 2. The first-order valence-electron chi connectivity index (χ1n) is 11.9.